The lowest BCUT2D eigenvalue weighted by Crippen LogP contribution is -2.14. The molecule has 1 heterocycles. The van der Waals surface area contributed by atoms with Crippen molar-refractivity contribution in [1.29, 1.82) is 42.1 Å². The number of hydrogen-bond acceptors (Lipinski definition) is 10. The molecule has 278 valence electrons. The minimum Gasteiger partial charge on any atom is -0.308 e. The van der Waals surface area contributed by atoms with Crippen LogP contribution in [0.25, 0.3) is 53.6 Å². The average Bonchev–Trinajstić information content (AvgIpc) is 3.70. The van der Waals surface area contributed by atoms with Gasteiger partial charge in [0.15, 0.2) is 0 Å². The molecule has 0 N–H and O–H groups in total. The van der Waals surface area contributed by atoms with Gasteiger partial charge in [-0.05, 0) is 79.2 Å². The Kier molecular flexibility index (Phi) is 9.93. The van der Waals surface area contributed by atoms with Gasteiger partial charge in [0, 0.05) is 60.2 Å². The molecule has 61 heavy (non-hydrogen) atoms. The zero-order chi connectivity index (χ0) is 42.8. The Balaban J connectivity index is 1.86. The normalized spacial score (nSPS) is 10.2. The van der Waals surface area contributed by atoms with Gasteiger partial charge in [0.1, 0.15) is 0 Å². The van der Waals surface area contributed by atoms with E-state index in [4.69, 9.17) is 0 Å². The van der Waals surface area contributed by atoms with Crippen molar-refractivity contribution in [2.75, 3.05) is 4.90 Å². The second-order valence-corrected chi connectivity index (χ2v) is 14.9. The number of thiophene rings is 1. The van der Waals surface area contributed by atoms with Crippen LogP contribution in [-0.4, -0.2) is 0 Å². The van der Waals surface area contributed by atoms with E-state index >= 15 is 0 Å². The molecular formula is C51H23N9S. The van der Waals surface area contributed by atoms with Crippen molar-refractivity contribution in [3.8, 4) is 81.9 Å². The average molecular weight is 794 g/mol. The van der Waals surface area contributed by atoms with Crippen LogP contribution in [0.4, 0.5) is 17.1 Å². The zero-order valence-corrected chi connectivity index (χ0v) is 32.8. The van der Waals surface area contributed by atoms with Gasteiger partial charge in [0.2, 0.25) is 0 Å². The SMILES string of the molecule is Cc1cc(C#N)c(-c2c(-c3c(C#N)cc(C#N)cc3C#N)c(-c3c(C#N)cc(C#N)cc3C#N)c(N(c3ccccc3)c3ccccc3)c3sc4ccccc4c23)c(C#N)c1. The maximum Gasteiger partial charge on any atom is 0.0999 e. The lowest BCUT2D eigenvalue weighted by atomic mass is 9.77. The Hall–Kier alpha value is -9.52. The highest BCUT2D eigenvalue weighted by Gasteiger charge is 2.35. The molecule has 0 aliphatic rings. The van der Waals surface area contributed by atoms with Gasteiger partial charge in [-0.3, -0.25) is 0 Å². The van der Waals surface area contributed by atoms with Gasteiger partial charge in [-0.1, -0.05) is 54.6 Å². The van der Waals surface area contributed by atoms with Crippen molar-refractivity contribution < 1.29 is 0 Å². The summed E-state index contributed by atoms with van der Waals surface area (Å²) in [4.78, 5) is 1.98. The zero-order valence-electron chi connectivity index (χ0n) is 32.0. The Bertz CT molecular complexity index is 3380. The molecule has 10 heteroatoms. The highest BCUT2D eigenvalue weighted by Crippen LogP contribution is 2.59. The van der Waals surface area contributed by atoms with Gasteiger partial charge in [0.25, 0.3) is 0 Å². The van der Waals surface area contributed by atoms with Crippen molar-refractivity contribution in [2.24, 2.45) is 0 Å². The Labute approximate surface area is 354 Å². The van der Waals surface area contributed by atoms with Crippen LogP contribution in [0.1, 0.15) is 50.1 Å². The summed E-state index contributed by atoms with van der Waals surface area (Å²) in [6, 6.07) is 52.9. The van der Waals surface area contributed by atoms with Gasteiger partial charge in [-0.15, -0.1) is 11.3 Å². The predicted molar refractivity (Wildman–Crippen MR) is 233 cm³/mol. The van der Waals surface area contributed by atoms with E-state index in [1.54, 1.807) is 19.1 Å². The Morgan fingerprint density at radius 2 is 0.803 bits per heavy atom. The summed E-state index contributed by atoms with van der Waals surface area (Å²) in [5.41, 5.74) is 3.54. The predicted octanol–water partition coefficient (Wildman–Crippen LogP) is 11.8. The molecule has 0 saturated heterocycles. The first-order valence-electron chi connectivity index (χ1n) is 18.5. The molecule has 0 saturated carbocycles. The van der Waals surface area contributed by atoms with Crippen LogP contribution < -0.4 is 4.90 Å². The number of fused-ring (bicyclic) bond motifs is 3. The van der Waals surface area contributed by atoms with Gasteiger partial charge < -0.3 is 4.90 Å². The van der Waals surface area contributed by atoms with E-state index in [9.17, 15) is 42.1 Å². The van der Waals surface area contributed by atoms with E-state index < -0.39 is 0 Å². The fourth-order valence-corrected chi connectivity index (χ4v) is 9.25. The molecule has 8 rings (SSSR count). The van der Waals surface area contributed by atoms with Crippen LogP contribution in [0.5, 0.6) is 0 Å². The summed E-state index contributed by atoms with van der Waals surface area (Å²) in [5.74, 6) is 0. The molecule has 0 bridgehead atoms. The summed E-state index contributed by atoms with van der Waals surface area (Å²) in [6.07, 6.45) is 0. The van der Waals surface area contributed by atoms with Crippen molar-refractivity contribution in [3.05, 3.63) is 171 Å². The number of hydrogen-bond donors (Lipinski definition) is 0. The topological polar surface area (TPSA) is 194 Å². The molecule has 7 aromatic carbocycles. The summed E-state index contributed by atoms with van der Waals surface area (Å²) < 4.78 is 1.44. The first-order chi connectivity index (χ1) is 29.8. The first kappa shape index (κ1) is 38.4. The van der Waals surface area contributed by atoms with Crippen molar-refractivity contribution in [1.82, 2.24) is 0 Å². The second-order valence-electron chi connectivity index (χ2n) is 13.8. The van der Waals surface area contributed by atoms with Gasteiger partial charge in [-0.2, -0.15) is 42.1 Å². The van der Waals surface area contributed by atoms with Crippen LogP contribution in [0, 0.1) is 97.6 Å². The molecule has 0 fully saturated rings. The maximum atomic E-state index is 11.0. The number of benzene rings is 7. The van der Waals surface area contributed by atoms with E-state index in [1.165, 1.54) is 35.6 Å². The number of aryl methyl sites for hydroxylation is 1. The molecule has 0 aliphatic heterocycles. The number of anilines is 3. The molecule has 0 spiro atoms. The van der Waals surface area contributed by atoms with Crippen molar-refractivity contribution >= 4 is 48.6 Å². The monoisotopic (exact) mass is 793 g/mol. The number of rotatable bonds is 6. The summed E-state index contributed by atoms with van der Waals surface area (Å²) in [5, 5.41) is 87.4. The van der Waals surface area contributed by atoms with E-state index in [-0.39, 0.29) is 72.3 Å². The van der Waals surface area contributed by atoms with Gasteiger partial charge >= 0.3 is 0 Å². The van der Waals surface area contributed by atoms with Crippen molar-refractivity contribution in [3.63, 3.8) is 0 Å². The first-order valence-corrected chi connectivity index (χ1v) is 19.3. The molecular weight excluding hydrogens is 771 g/mol. The third-order valence-corrected chi connectivity index (χ3v) is 11.5. The molecule has 0 radical (unpaired) electrons. The van der Waals surface area contributed by atoms with Crippen LogP contribution in [-0.2, 0) is 0 Å². The van der Waals surface area contributed by atoms with Crippen LogP contribution in [0.15, 0.2) is 121 Å². The third kappa shape index (κ3) is 6.28. The van der Waals surface area contributed by atoms with E-state index in [1.807, 2.05) is 89.8 Å². The highest BCUT2D eigenvalue weighted by molar-refractivity contribution is 7.26. The van der Waals surface area contributed by atoms with Gasteiger partial charge in [0.05, 0.1) is 103 Å². The molecule has 0 amide bonds. The fourth-order valence-electron chi connectivity index (χ4n) is 8.00. The second kappa shape index (κ2) is 15.8. The van der Waals surface area contributed by atoms with Gasteiger partial charge in [-0.25, -0.2) is 0 Å². The number of para-hydroxylation sites is 2. The van der Waals surface area contributed by atoms with Crippen LogP contribution in [0.3, 0.4) is 0 Å². The molecule has 0 atom stereocenters. The molecule has 0 unspecified atom stereocenters. The maximum absolute atomic E-state index is 11.0. The van der Waals surface area contributed by atoms with E-state index in [2.05, 4.69) is 48.6 Å². The molecule has 9 nitrogen and oxygen atoms in total. The number of nitriles is 8. The fraction of sp³-hybridized carbons (Fsp3) is 0.0196. The molecule has 1 aromatic heterocycles. The van der Waals surface area contributed by atoms with E-state index in [0.29, 0.717) is 38.3 Å². The highest BCUT2D eigenvalue weighted by atomic mass is 32.1. The smallest absolute Gasteiger partial charge is 0.0999 e. The Morgan fingerprint density at radius 3 is 1.25 bits per heavy atom. The largest absolute Gasteiger partial charge is 0.308 e. The van der Waals surface area contributed by atoms with Crippen LogP contribution in [0.2, 0.25) is 0 Å². The lowest BCUT2D eigenvalue weighted by molar-refractivity contribution is 1.30. The minimum atomic E-state index is -0.0799. The molecule has 8 aromatic rings. The summed E-state index contributed by atoms with van der Waals surface area (Å²) >= 11 is 1.42. The number of nitrogens with zero attached hydrogens (tertiary/aromatic N) is 9. The lowest BCUT2D eigenvalue weighted by Gasteiger charge is -2.32. The summed E-state index contributed by atoms with van der Waals surface area (Å²) in [6.45, 7) is 1.77. The Morgan fingerprint density at radius 1 is 0.410 bits per heavy atom. The van der Waals surface area contributed by atoms with E-state index in [0.717, 1.165) is 10.1 Å². The quantitative estimate of drug-likeness (QED) is 0.157. The molecule has 0 aliphatic carbocycles. The minimum absolute atomic E-state index is 0.0389. The standard InChI is InChI=1S/C51H23N9S/c1-30-16-33(24-54)43(34(17-30)25-55)47-46-41-14-8-9-15-42(41)61-51(46)50(60(39-10-4-2-5-11-39)40-12-6-3-7-13-40)49(45-37(28-58)20-32(23-53)21-38(45)29-59)48(47)44-35(26-56)18-31(22-52)19-36(44)27-57/h2-21H,1H3. The van der Waals surface area contributed by atoms with Crippen molar-refractivity contribution in [2.45, 2.75) is 6.92 Å². The third-order valence-electron chi connectivity index (χ3n) is 10.3. The summed E-state index contributed by atoms with van der Waals surface area (Å²) in [7, 11) is 0. The van der Waals surface area contributed by atoms with Crippen LogP contribution >= 0.6 is 11.3 Å².